The van der Waals surface area contributed by atoms with Crippen molar-refractivity contribution in [1.82, 2.24) is 0 Å². The van der Waals surface area contributed by atoms with Crippen molar-refractivity contribution < 1.29 is 0 Å². The Morgan fingerprint density at radius 3 is 1.61 bits per heavy atom. The topological polar surface area (TPSA) is 0 Å². The van der Waals surface area contributed by atoms with Gasteiger partial charge < -0.3 is 0 Å². The number of unbranched alkanes of at least 4 members (excludes halogenated alkanes) is 1. The molecule has 18 heavy (non-hydrogen) atoms. The van der Waals surface area contributed by atoms with Crippen LogP contribution in [-0.4, -0.2) is 18.4 Å². The predicted molar refractivity (Wildman–Crippen MR) is 83.5 cm³/mol. The summed E-state index contributed by atoms with van der Waals surface area (Å²) in [6.07, 6.45) is 2.66. The summed E-state index contributed by atoms with van der Waals surface area (Å²) in [5.41, 5.74) is 0. The monoisotopic (exact) mass is 346 g/mol. The van der Waals surface area contributed by atoms with Crippen LogP contribution in [0.3, 0.4) is 0 Å². The maximum atomic E-state index is 2.58. The predicted octanol–water partition coefficient (Wildman–Crippen LogP) is 3.68. The summed E-state index contributed by atoms with van der Waals surface area (Å²) in [4.78, 5) is 2.58. The SMILES string of the molecule is CCC[CH2][Sn]([CH3])([c]1ccccc1)[c]1ccccc1. The van der Waals surface area contributed by atoms with E-state index in [2.05, 4.69) is 72.5 Å². The molecule has 2 rings (SSSR count). The molecular weight excluding hydrogens is 323 g/mol. The van der Waals surface area contributed by atoms with E-state index >= 15 is 0 Å². The van der Waals surface area contributed by atoms with Crippen molar-refractivity contribution >= 4 is 25.5 Å². The van der Waals surface area contributed by atoms with Crippen molar-refractivity contribution in [3.8, 4) is 0 Å². The number of rotatable bonds is 5. The molecule has 0 fully saturated rings. The molecule has 0 unspecified atom stereocenters. The number of hydrogen-bond acceptors (Lipinski definition) is 0. The summed E-state index contributed by atoms with van der Waals surface area (Å²) in [5.74, 6) is 0. The van der Waals surface area contributed by atoms with Crippen LogP contribution < -0.4 is 7.16 Å². The van der Waals surface area contributed by atoms with Crippen molar-refractivity contribution in [2.45, 2.75) is 29.1 Å². The van der Waals surface area contributed by atoms with Gasteiger partial charge in [0.15, 0.2) is 0 Å². The van der Waals surface area contributed by atoms with E-state index < -0.39 is 18.4 Å². The van der Waals surface area contributed by atoms with Crippen LogP contribution in [0.1, 0.15) is 19.8 Å². The normalized spacial score (nSPS) is 11.4. The summed E-state index contributed by atoms with van der Waals surface area (Å²) in [7, 11) is 0. The zero-order valence-corrected chi connectivity index (χ0v) is 14.2. The molecule has 0 radical (unpaired) electrons. The van der Waals surface area contributed by atoms with E-state index in [9.17, 15) is 0 Å². The second-order valence-electron chi connectivity index (χ2n) is 5.17. The average molecular weight is 345 g/mol. The quantitative estimate of drug-likeness (QED) is 0.726. The molecule has 0 bridgehead atoms. The Morgan fingerprint density at radius 1 is 0.778 bits per heavy atom. The number of benzene rings is 2. The van der Waals surface area contributed by atoms with Crippen LogP contribution in [0.4, 0.5) is 0 Å². The van der Waals surface area contributed by atoms with Crippen LogP contribution in [0.25, 0.3) is 0 Å². The van der Waals surface area contributed by atoms with Crippen molar-refractivity contribution in [2.75, 3.05) is 0 Å². The van der Waals surface area contributed by atoms with Crippen molar-refractivity contribution in [3.63, 3.8) is 0 Å². The van der Waals surface area contributed by atoms with Crippen LogP contribution in [0, 0.1) is 0 Å². The third-order valence-corrected chi connectivity index (χ3v) is 16.9. The van der Waals surface area contributed by atoms with Crippen molar-refractivity contribution in [2.24, 2.45) is 0 Å². The second kappa shape index (κ2) is 6.42. The van der Waals surface area contributed by atoms with E-state index in [0.717, 1.165) is 0 Å². The van der Waals surface area contributed by atoms with E-state index in [1.807, 2.05) is 0 Å². The first-order valence-corrected chi connectivity index (χ1v) is 14.6. The van der Waals surface area contributed by atoms with Gasteiger partial charge in [-0.3, -0.25) is 0 Å². The molecule has 0 aromatic heterocycles. The van der Waals surface area contributed by atoms with E-state index in [1.165, 1.54) is 17.3 Å². The van der Waals surface area contributed by atoms with Crippen LogP contribution in [0.5, 0.6) is 0 Å². The summed E-state index contributed by atoms with van der Waals surface area (Å²) in [6, 6.07) is 22.4. The van der Waals surface area contributed by atoms with E-state index in [0.29, 0.717) is 0 Å². The molecule has 0 aliphatic heterocycles. The summed E-state index contributed by atoms with van der Waals surface area (Å²) < 4.78 is 4.68. The van der Waals surface area contributed by atoms with Crippen LogP contribution >= 0.6 is 0 Å². The Morgan fingerprint density at radius 2 is 1.22 bits per heavy atom. The van der Waals surface area contributed by atoms with Gasteiger partial charge in [0, 0.05) is 0 Å². The first kappa shape index (κ1) is 13.7. The van der Waals surface area contributed by atoms with Crippen LogP contribution in [-0.2, 0) is 0 Å². The van der Waals surface area contributed by atoms with Gasteiger partial charge in [0.25, 0.3) is 0 Å². The first-order chi connectivity index (χ1) is 8.77. The molecule has 0 N–H and O–H groups in total. The molecule has 0 nitrogen and oxygen atoms in total. The van der Waals surface area contributed by atoms with Gasteiger partial charge in [0.2, 0.25) is 0 Å². The Labute approximate surface area is 115 Å². The maximum absolute atomic E-state index is 2.58. The zero-order valence-electron chi connectivity index (χ0n) is 11.4. The van der Waals surface area contributed by atoms with Gasteiger partial charge in [0.05, 0.1) is 0 Å². The standard InChI is InChI=1S/2C6H5.C4H9.CH3.Sn/c2*1-2-4-6-5-3-1;1-3-4-2;;/h2*1-5H;1,3-4H2,2H3;1H3;. The third-order valence-electron chi connectivity index (χ3n) is 3.85. The Kier molecular flexibility index (Phi) is 4.87. The molecule has 0 heterocycles. The molecule has 0 aliphatic rings. The Balaban J connectivity index is 2.41. The van der Waals surface area contributed by atoms with Crippen molar-refractivity contribution in [1.29, 1.82) is 0 Å². The average Bonchev–Trinajstić information content (AvgIpc) is 2.46. The molecule has 1 heteroatoms. The van der Waals surface area contributed by atoms with Gasteiger partial charge in [-0.15, -0.1) is 0 Å². The van der Waals surface area contributed by atoms with E-state index in [4.69, 9.17) is 0 Å². The van der Waals surface area contributed by atoms with Gasteiger partial charge >= 0.3 is 115 Å². The molecule has 94 valence electrons. The van der Waals surface area contributed by atoms with Crippen LogP contribution in [0.15, 0.2) is 60.7 Å². The fourth-order valence-electron chi connectivity index (χ4n) is 2.60. The van der Waals surface area contributed by atoms with Gasteiger partial charge in [-0.25, -0.2) is 0 Å². The summed E-state index contributed by atoms with van der Waals surface area (Å²) in [6.45, 7) is 2.29. The van der Waals surface area contributed by atoms with Crippen LogP contribution in [0.2, 0.25) is 9.38 Å². The molecule has 2 aromatic rings. The van der Waals surface area contributed by atoms with E-state index in [1.54, 1.807) is 7.16 Å². The first-order valence-electron chi connectivity index (χ1n) is 6.88. The molecule has 0 atom stereocenters. The zero-order chi connectivity index (χ0) is 12.8. The molecule has 0 aliphatic carbocycles. The summed E-state index contributed by atoms with van der Waals surface area (Å²) in [5, 5.41) is 0. The van der Waals surface area contributed by atoms with Gasteiger partial charge in [-0.2, -0.15) is 0 Å². The number of hydrogen-bond donors (Lipinski definition) is 0. The fraction of sp³-hybridized carbons (Fsp3) is 0.294. The molecule has 0 amide bonds. The molecule has 0 saturated heterocycles. The Bertz CT molecular complexity index is 422. The minimum atomic E-state index is -2.37. The Hall–Kier alpha value is -0.761. The third kappa shape index (κ3) is 2.97. The van der Waals surface area contributed by atoms with Gasteiger partial charge in [-0.1, -0.05) is 0 Å². The molecule has 2 aromatic carbocycles. The van der Waals surface area contributed by atoms with Gasteiger partial charge in [0.1, 0.15) is 0 Å². The fourth-order valence-corrected chi connectivity index (χ4v) is 13.5. The molecule has 0 spiro atoms. The van der Waals surface area contributed by atoms with E-state index in [-0.39, 0.29) is 0 Å². The minimum absolute atomic E-state index is 1.30. The summed E-state index contributed by atoms with van der Waals surface area (Å²) >= 11 is -2.37. The van der Waals surface area contributed by atoms with Gasteiger partial charge in [-0.05, 0) is 0 Å². The molecular formula is C17H22Sn. The second-order valence-corrected chi connectivity index (χ2v) is 17.5. The molecule has 0 saturated carbocycles. The van der Waals surface area contributed by atoms with Crippen molar-refractivity contribution in [3.05, 3.63) is 60.7 Å².